The Morgan fingerprint density at radius 1 is 1.18 bits per heavy atom. The van der Waals surface area contributed by atoms with Gasteiger partial charge in [-0.1, -0.05) is 43.8 Å². The number of imidazole rings is 1. The zero-order chi connectivity index (χ0) is 23.7. The van der Waals surface area contributed by atoms with E-state index in [1.54, 1.807) is 36.5 Å². The van der Waals surface area contributed by atoms with Crippen LogP contribution in [-0.2, 0) is 30.8 Å². The van der Waals surface area contributed by atoms with Crippen LogP contribution < -0.4 is 0 Å². The molecule has 0 aliphatic carbocycles. The number of ether oxygens (including phenoxy) is 3. The summed E-state index contributed by atoms with van der Waals surface area (Å²) in [5, 5.41) is -0.0575. The normalized spacial score (nSPS) is 16.9. The molecule has 1 unspecified atom stereocenters. The third kappa shape index (κ3) is 8.09. The van der Waals surface area contributed by atoms with Crippen LogP contribution in [0.25, 0.3) is 0 Å². The van der Waals surface area contributed by atoms with E-state index in [2.05, 4.69) is 36.5 Å². The summed E-state index contributed by atoms with van der Waals surface area (Å²) in [6.07, 6.45) is 5.12. The molecule has 1 saturated heterocycles. The molecule has 0 saturated carbocycles. The van der Waals surface area contributed by atoms with Crippen molar-refractivity contribution in [2.75, 3.05) is 19.8 Å². The highest BCUT2D eigenvalue weighted by Gasteiger charge is 2.25. The van der Waals surface area contributed by atoms with Crippen LogP contribution in [0, 0.1) is 11.8 Å². The standard InChI is InChI=1S/C24H34N2O5SSi/c1-33(2,3)18-17-29-20-26-19-21(11-7-9-15-30-23-14-8-10-16-31-23)25-24(26)32(27,28)22-12-5-4-6-13-22/h4-6,12-13,19,23H,8-10,14-18,20H2,1-3H3. The van der Waals surface area contributed by atoms with Crippen molar-refractivity contribution < 1.29 is 22.6 Å². The van der Waals surface area contributed by atoms with Crippen molar-refractivity contribution in [3.63, 3.8) is 0 Å². The number of benzene rings is 1. The minimum absolute atomic E-state index is 0.0575. The number of nitrogens with zero attached hydrogens (tertiary/aromatic N) is 2. The topological polar surface area (TPSA) is 79.7 Å². The summed E-state index contributed by atoms with van der Waals surface area (Å²) in [4.78, 5) is 4.53. The highest BCUT2D eigenvalue weighted by atomic mass is 32.2. The Kier molecular flexibility index (Phi) is 9.29. The highest BCUT2D eigenvalue weighted by Crippen LogP contribution is 2.21. The molecule has 1 aliphatic heterocycles. The number of hydrogen-bond donors (Lipinski definition) is 0. The van der Waals surface area contributed by atoms with Gasteiger partial charge in [0.05, 0.1) is 11.5 Å². The van der Waals surface area contributed by atoms with Crippen molar-refractivity contribution in [2.24, 2.45) is 0 Å². The molecule has 0 amide bonds. The van der Waals surface area contributed by atoms with Gasteiger partial charge in [-0.2, -0.15) is 0 Å². The summed E-state index contributed by atoms with van der Waals surface area (Å²) >= 11 is 0. The first kappa shape index (κ1) is 25.7. The summed E-state index contributed by atoms with van der Waals surface area (Å²) in [6.45, 7) is 8.73. The molecule has 0 bridgehead atoms. The molecule has 7 nitrogen and oxygen atoms in total. The van der Waals surface area contributed by atoms with Gasteiger partial charge in [-0.15, -0.1) is 0 Å². The minimum atomic E-state index is -3.79. The zero-order valence-corrected chi connectivity index (χ0v) is 21.6. The molecule has 2 heterocycles. The molecule has 1 fully saturated rings. The van der Waals surface area contributed by atoms with E-state index in [4.69, 9.17) is 14.2 Å². The Morgan fingerprint density at radius 3 is 2.67 bits per heavy atom. The van der Waals surface area contributed by atoms with Gasteiger partial charge in [0.2, 0.25) is 15.0 Å². The molecular formula is C24H34N2O5SSi. The first-order valence-electron chi connectivity index (χ1n) is 11.4. The molecule has 1 aromatic carbocycles. The van der Waals surface area contributed by atoms with Gasteiger partial charge in [0.1, 0.15) is 12.4 Å². The molecule has 3 rings (SSSR count). The summed E-state index contributed by atoms with van der Waals surface area (Å²) in [6, 6.07) is 9.30. The van der Waals surface area contributed by atoms with Gasteiger partial charge in [0.15, 0.2) is 6.29 Å². The maximum atomic E-state index is 13.2. The van der Waals surface area contributed by atoms with Gasteiger partial charge >= 0.3 is 0 Å². The van der Waals surface area contributed by atoms with Crippen molar-refractivity contribution in [1.29, 1.82) is 0 Å². The van der Waals surface area contributed by atoms with E-state index in [9.17, 15) is 8.42 Å². The molecule has 180 valence electrons. The molecule has 0 N–H and O–H groups in total. The number of sulfone groups is 1. The van der Waals surface area contributed by atoms with Gasteiger partial charge in [0.25, 0.3) is 0 Å². The van der Waals surface area contributed by atoms with Crippen LogP contribution in [0.4, 0.5) is 0 Å². The molecule has 9 heteroatoms. The van der Waals surface area contributed by atoms with Crippen molar-refractivity contribution in [3.05, 3.63) is 42.2 Å². The first-order chi connectivity index (χ1) is 15.8. The average molecular weight is 491 g/mol. The molecule has 1 aromatic heterocycles. The van der Waals surface area contributed by atoms with Gasteiger partial charge in [-0.25, -0.2) is 13.4 Å². The van der Waals surface area contributed by atoms with E-state index in [-0.39, 0.29) is 23.1 Å². The summed E-state index contributed by atoms with van der Waals surface area (Å²) in [5.41, 5.74) is 0.396. The van der Waals surface area contributed by atoms with E-state index in [1.807, 2.05) is 0 Å². The third-order valence-electron chi connectivity index (χ3n) is 5.15. The summed E-state index contributed by atoms with van der Waals surface area (Å²) in [5.74, 6) is 5.99. The van der Waals surface area contributed by atoms with Gasteiger partial charge in [-0.3, -0.25) is 4.57 Å². The van der Waals surface area contributed by atoms with Crippen LogP contribution in [0.5, 0.6) is 0 Å². The molecule has 0 radical (unpaired) electrons. The van der Waals surface area contributed by atoms with Gasteiger partial charge in [-0.05, 0) is 43.4 Å². The monoisotopic (exact) mass is 490 g/mol. The lowest BCUT2D eigenvalue weighted by atomic mass is 10.2. The highest BCUT2D eigenvalue weighted by molar-refractivity contribution is 7.91. The molecule has 2 aromatic rings. The lowest BCUT2D eigenvalue weighted by Gasteiger charge is -2.22. The average Bonchev–Trinajstić information content (AvgIpc) is 3.21. The lowest BCUT2D eigenvalue weighted by molar-refractivity contribution is -0.161. The zero-order valence-electron chi connectivity index (χ0n) is 19.7. The van der Waals surface area contributed by atoms with Crippen LogP contribution in [0.3, 0.4) is 0 Å². The van der Waals surface area contributed by atoms with Crippen molar-refractivity contribution >= 4 is 17.9 Å². The maximum absolute atomic E-state index is 13.2. The van der Waals surface area contributed by atoms with Crippen molar-refractivity contribution in [3.8, 4) is 11.8 Å². The Bertz CT molecular complexity index is 1050. The van der Waals surface area contributed by atoms with E-state index in [0.29, 0.717) is 25.3 Å². The fraction of sp³-hybridized carbons (Fsp3) is 0.542. The fourth-order valence-corrected chi connectivity index (χ4v) is 5.37. The second-order valence-corrected chi connectivity index (χ2v) is 16.7. The Morgan fingerprint density at radius 2 is 1.97 bits per heavy atom. The fourth-order valence-electron chi connectivity index (χ4n) is 3.25. The molecule has 0 spiro atoms. The van der Waals surface area contributed by atoms with E-state index >= 15 is 0 Å². The van der Waals surface area contributed by atoms with Crippen LogP contribution in [0.1, 0.15) is 31.4 Å². The maximum Gasteiger partial charge on any atom is 0.240 e. The lowest BCUT2D eigenvalue weighted by Crippen LogP contribution is -2.22. The number of hydrogen-bond acceptors (Lipinski definition) is 6. The largest absolute Gasteiger partial charge is 0.361 e. The van der Waals surface area contributed by atoms with Crippen LogP contribution in [-0.4, -0.2) is 52.2 Å². The molecular weight excluding hydrogens is 456 g/mol. The predicted octanol–water partition coefficient (Wildman–Crippen LogP) is 4.31. The number of rotatable bonds is 10. The van der Waals surface area contributed by atoms with Crippen LogP contribution in [0.15, 0.2) is 46.6 Å². The van der Waals surface area contributed by atoms with Crippen LogP contribution in [0.2, 0.25) is 25.7 Å². The van der Waals surface area contributed by atoms with Crippen molar-refractivity contribution in [2.45, 2.75) is 74.4 Å². The number of aromatic nitrogens is 2. The second kappa shape index (κ2) is 11.9. The first-order valence-corrected chi connectivity index (χ1v) is 16.6. The van der Waals surface area contributed by atoms with Gasteiger partial charge in [0, 0.05) is 33.9 Å². The Balaban J connectivity index is 1.69. The Labute approximate surface area is 198 Å². The quantitative estimate of drug-likeness (QED) is 0.280. The molecule has 1 aliphatic rings. The second-order valence-electron chi connectivity index (χ2n) is 9.26. The van der Waals surface area contributed by atoms with Crippen molar-refractivity contribution in [1.82, 2.24) is 9.55 Å². The van der Waals surface area contributed by atoms with E-state index in [1.165, 1.54) is 4.57 Å². The summed E-state index contributed by atoms with van der Waals surface area (Å²) < 4.78 is 45.0. The van der Waals surface area contributed by atoms with E-state index < -0.39 is 17.9 Å². The van der Waals surface area contributed by atoms with Gasteiger partial charge < -0.3 is 14.2 Å². The molecule has 33 heavy (non-hydrogen) atoms. The predicted molar refractivity (Wildman–Crippen MR) is 129 cm³/mol. The smallest absolute Gasteiger partial charge is 0.240 e. The van der Waals surface area contributed by atoms with Crippen LogP contribution >= 0.6 is 0 Å². The summed E-state index contributed by atoms with van der Waals surface area (Å²) in [7, 11) is -5.04. The minimum Gasteiger partial charge on any atom is -0.361 e. The molecule has 1 atom stereocenters. The SMILES string of the molecule is C[Si](C)(C)CCOCn1cc(C#CCCOC2CCCCO2)nc1S(=O)(=O)c1ccccc1. The van der Waals surface area contributed by atoms with E-state index in [0.717, 1.165) is 31.9 Å². The Hall–Kier alpha value is -1.96. The third-order valence-corrected chi connectivity index (χ3v) is 8.55.